The highest BCUT2D eigenvalue weighted by Gasteiger charge is 2.30. The Bertz CT molecular complexity index is 978. The molecule has 0 amide bonds. The van der Waals surface area contributed by atoms with Crippen molar-refractivity contribution in [1.29, 1.82) is 0 Å². The highest BCUT2D eigenvalue weighted by molar-refractivity contribution is 5.77. The van der Waals surface area contributed by atoms with Gasteiger partial charge in [-0.2, -0.15) is 0 Å². The molecule has 0 aliphatic carbocycles. The van der Waals surface area contributed by atoms with Gasteiger partial charge in [0.1, 0.15) is 5.82 Å². The number of nitrogens with zero attached hydrogens (tertiary/aromatic N) is 3. The van der Waals surface area contributed by atoms with Crippen LogP contribution < -0.4 is 16.0 Å². The smallest absolute Gasteiger partial charge is 0.290 e. The lowest BCUT2D eigenvalue weighted by atomic mass is 10.2. The monoisotopic (exact) mass is 309 g/mol. The molecule has 1 fully saturated rings. The normalized spacial score (nSPS) is 17.7. The molecule has 1 aromatic carbocycles. The second kappa shape index (κ2) is 5.35. The summed E-state index contributed by atoms with van der Waals surface area (Å²) in [5.74, 6) is 0.946. The van der Waals surface area contributed by atoms with Gasteiger partial charge in [0, 0.05) is 18.9 Å². The summed E-state index contributed by atoms with van der Waals surface area (Å²) in [5, 5.41) is 0.566. The molecule has 1 atom stereocenters. The van der Waals surface area contributed by atoms with Crippen molar-refractivity contribution in [2.75, 3.05) is 11.4 Å². The van der Waals surface area contributed by atoms with E-state index in [0.29, 0.717) is 29.1 Å². The summed E-state index contributed by atoms with van der Waals surface area (Å²) < 4.78 is 0. The van der Waals surface area contributed by atoms with Crippen molar-refractivity contribution in [3.63, 3.8) is 0 Å². The van der Waals surface area contributed by atoms with Crippen LogP contribution in [-0.4, -0.2) is 26.5 Å². The second-order valence-corrected chi connectivity index (χ2v) is 5.56. The molecule has 3 heterocycles. The number of benzene rings is 1. The fourth-order valence-corrected chi connectivity index (χ4v) is 3.12. The maximum Gasteiger partial charge on any atom is 0.290 e. The topological polar surface area (TPSA) is 94.7 Å². The largest absolute Gasteiger partial charge is 0.342 e. The van der Waals surface area contributed by atoms with Gasteiger partial charge in [-0.25, -0.2) is 9.97 Å². The van der Waals surface area contributed by atoms with Crippen LogP contribution in [0, 0.1) is 0 Å². The lowest BCUT2D eigenvalue weighted by molar-refractivity contribution is 0.658. The Morgan fingerprint density at radius 2 is 2.04 bits per heavy atom. The van der Waals surface area contributed by atoms with Crippen LogP contribution in [0.5, 0.6) is 0 Å². The van der Waals surface area contributed by atoms with E-state index in [1.807, 2.05) is 23.1 Å². The SMILES string of the molecule is O=c1[nH]ccnc1N1CCCC1c1nc2ccccc2c(=O)[nH]1. The van der Waals surface area contributed by atoms with Gasteiger partial charge in [-0.05, 0) is 25.0 Å². The van der Waals surface area contributed by atoms with E-state index in [1.165, 1.54) is 6.20 Å². The molecule has 3 aromatic rings. The fourth-order valence-electron chi connectivity index (χ4n) is 3.12. The predicted molar refractivity (Wildman–Crippen MR) is 86.5 cm³/mol. The van der Waals surface area contributed by atoms with Crippen molar-refractivity contribution in [3.05, 3.63) is 63.2 Å². The van der Waals surface area contributed by atoms with E-state index in [9.17, 15) is 9.59 Å². The number of aromatic nitrogens is 4. The van der Waals surface area contributed by atoms with Crippen molar-refractivity contribution < 1.29 is 0 Å². The van der Waals surface area contributed by atoms with Gasteiger partial charge in [-0.1, -0.05) is 12.1 Å². The van der Waals surface area contributed by atoms with E-state index < -0.39 is 0 Å². The molecular weight excluding hydrogens is 294 g/mol. The van der Waals surface area contributed by atoms with Crippen LogP contribution in [0.25, 0.3) is 10.9 Å². The number of nitrogens with one attached hydrogen (secondary N) is 2. The number of H-pyrrole nitrogens is 2. The van der Waals surface area contributed by atoms with Gasteiger partial charge < -0.3 is 14.9 Å². The zero-order valence-corrected chi connectivity index (χ0v) is 12.3. The molecule has 7 heteroatoms. The standard InChI is InChI=1S/C16H15N5O2/c22-15-10-4-1-2-5-11(10)19-13(20-15)12-6-3-9-21(12)14-16(23)18-8-7-17-14/h1-2,4-5,7-8,12H,3,6,9H2,(H,18,23)(H,19,20,22). The molecule has 116 valence electrons. The summed E-state index contributed by atoms with van der Waals surface area (Å²) in [5.41, 5.74) is 0.267. The van der Waals surface area contributed by atoms with Crippen molar-refractivity contribution >= 4 is 16.7 Å². The summed E-state index contributed by atoms with van der Waals surface area (Å²) in [6, 6.07) is 7.09. The van der Waals surface area contributed by atoms with Gasteiger partial charge in [-0.3, -0.25) is 9.59 Å². The van der Waals surface area contributed by atoms with Crippen LogP contribution in [0.4, 0.5) is 5.82 Å². The van der Waals surface area contributed by atoms with E-state index in [2.05, 4.69) is 19.9 Å². The maximum atomic E-state index is 12.3. The molecule has 1 aliphatic heterocycles. The first-order valence-electron chi connectivity index (χ1n) is 7.53. The Morgan fingerprint density at radius 1 is 1.17 bits per heavy atom. The molecule has 1 saturated heterocycles. The van der Waals surface area contributed by atoms with E-state index in [1.54, 1.807) is 12.3 Å². The first kappa shape index (κ1) is 13.7. The molecule has 2 N–H and O–H groups in total. The minimum absolute atomic E-state index is 0.150. The zero-order chi connectivity index (χ0) is 15.8. The second-order valence-electron chi connectivity index (χ2n) is 5.56. The number of aromatic amines is 2. The molecule has 1 unspecified atom stereocenters. The molecule has 0 bridgehead atoms. The minimum atomic E-state index is -0.234. The molecule has 2 aromatic heterocycles. The third-order valence-corrected chi connectivity index (χ3v) is 4.16. The summed E-state index contributed by atoms with van der Waals surface area (Å²) in [6.07, 6.45) is 4.80. The lowest BCUT2D eigenvalue weighted by Crippen LogP contribution is -2.31. The first-order chi connectivity index (χ1) is 11.2. The number of anilines is 1. The molecule has 0 saturated carbocycles. The number of fused-ring (bicyclic) bond motifs is 1. The quantitative estimate of drug-likeness (QED) is 0.745. The maximum absolute atomic E-state index is 12.3. The molecule has 0 radical (unpaired) electrons. The zero-order valence-electron chi connectivity index (χ0n) is 12.3. The van der Waals surface area contributed by atoms with E-state index >= 15 is 0 Å². The van der Waals surface area contributed by atoms with Crippen LogP contribution in [0.1, 0.15) is 24.7 Å². The molecule has 23 heavy (non-hydrogen) atoms. The highest BCUT2D eigenvalue weighted by atomic mass is 16.1. The Balaban J connectivity index is 1.82. The number of rotatable bonds is 2. The van der Waals surface area contributed by atoms with Gasteiger partial charge in [0.15, 0.2) is 5.82 Å². The molecule has 0 spiro atoms. The molecule has 7 nitrogen and oxygen atoms in total. The van der Waals surface area contributed by atoms with Gasteiger partial charge in [0.05, 0.1) is 16.9 Å². The molecule has 4 rings (SSSR count). The third-order valence-electron chi connectivity index (χ3n) is 4.16. The van der Waals surface area contributed by atoms with Crippen molar-refractivity contribution in [2.24, 2.45) is 0 Å². The van der Waals surface area contributed by atoms with Gasteiger partial charge >= 0.3 is 0 Å². The Hall–Kier alpha value is -2.96. The van der Waals surface area contributed by atoms with Crippen molar-refractivity contribution in [1.82, 2.24) is 19.9 Å². The van der Waals surface area contributed by atoms with Gasteiger partial charge in [-0.15, -0.1) is 0 Å². The Morgan fingerprint density at radius 3 is 2.91 bits per heavy atom. The van der Waals surface area contributed by atoms with E-state index in [4.69, 9.17) is 0 Å². The van der Waals surface area contributed by atoms with E-state index in [0.717, 1.165) is 12.8 Å². The number of para-hydroxylation sites is 1. The fraction of sp³-hybridized carbons (Fsp3) is 0.250. The summed E-state index contributed by atoms with van der Waals surface area (Å²) in [7, 11) is 0. The minimum Gasteiger partial charge on any atom is -0.342 e. The highest BCUT2D eigenvalue weighted by Crippen LogP contribution is 2.31. The summed E-state index contributed by atoms with van der Waals surface area (Å²) in [4.78, 5) is 40.5. The van der Waals surface area contributed by atoms with Gasteiger partial charge in [0.2, 0.25) is 0 Å². The van der Waals surface area contributed by atoms with Gasteiger partial charge in [0.25, 0.3) is 11.1 Å². The molecule has 1 aliphatic rings. The molecular formula is C16H15N5O2. The summed E-state index contributed by atoms with van der Waals surface area (Å²) >= 11 is 0. The Kier molecular flexibility index (Phi) is 3.18. The third kappa shape index (κ3) is 2.30. The van der Waals surface area contributed by atoms with Crippen LogP contribution in [-0.2, 0) is 0 Å². The van der Waals surface area contributed by atoms with Crippen LogP contribution in [0.15, 0.2) is 46.2 Å². The van der Waals surface area contributed by atoms with Crippen LogP contribution >= 0.6 is 0 Å². The summed E-state index contributed by atoms with van der Waals surface area (Å²) in [6.45, 7) is 0.710. The Labute approximate surface area is 131 Å². The average molecular weight is 309 g/mol. The van der Waals surface area contributed by atoms with Crippen molar-refractivity contribution in [2.45, 2.75) is 18.9 Å². The number of hydrogen-bond acceptors (Lipinski definition) is 5. The number of hydrogen-bond donors (Lipinski definition) is 2. The predicted octanol–water partition coefficient (Wildman–Crippen LogP) is 1.35. The average Bonchev–Trinajstić information content (AvgIpc) is 3.05. The van der Waals surface area contributed by atoms with E-state index in [-0.39, 0.29) is 17.2 Å². The lowest BCUT2D eigenvalue weighted by Gasteiger charge is -2.24. The van der Waals surface area contributed by atoms with Crippen LogP contribution in [0.3, 0.4) is 0 Å². The first-order valence-corrected chi connectivity index (χ1v) is 7.53. The van der Waals surface area contributed by atoms with Crippen molar-refractivity contribution in [3.8, 4) is 0 Å². The van der Waals surface area contributed by atoms with Crippen LogP contribution in [0.2, 0.25) is 0 Å².